The van der Waals surface area contributed by atoms with Gasteiger partial charge in [0.25, 0.3) is 5.91 Å². The van der Waals surface area contributed by atoms with Crippen molar-refractivity contribution in [3.05, 3.63) is 96.2 Å². The number of anilines is 1. The van der Waals surface area contributed by atoms with E-state index in [-0.39, 0.29) is 24.3 Å². The fourth-order valence-electron chi connectivity index (χ4n) is 4.46. The summed E-state index contributed by atoms with van der Waals surface area (Å²) in [5, 5.41) is 4.21. The largest absolute Gasteiger partial charge is 0.477 e. The second-order valence-corrected chi connectivity index (χ2v) is 8.20. The highest BCUT2D eigenvalue weighted by Crippen LogP contribution is 2.34. The number of ether oxygens (including phenoxy) is 1. The number of para-hydroxylation sites is 3. The van der Waals surface area contributed by atoms with E-state index >= 15 is 0 Å². The van der Waals surface area contributed by atoms with Gasteiger partial charge in [-0.3, -0.25) is 9.59 Å². The van der Waals surface area contributed by atoms with E-state index in [0.717, 1.165) is 22.0 Å². The number of aromatic nitrogens is 1. The maximum Gasteiger partial charge on any atom is 0.263 e. The van der Waals surface area contributed by atoms with Gasteiger partial charge in [-0.05, 0) is 29.3 Å². The van der Waals surface area contributed by atoms with Crippen LogP contribution in [0, 0.1) is 0 Å². The molecule has 4 aromatic rings. The predicted octanol–water partition coefficient (Wildman–Crippen LogP) is 4.23. The molecule has 0 radical (unpaired) electrons. The van der Waals surface area contributed by atoms with Crippen molar-refractivity contribution in [1.82, 2.24) is 10.3 Å². The van der Waals surface area contributed by atoms with E-state index in [9.17, 15) is 9.59 Å². The predicted molar refractivity (Wildman–Crippen MR) is 128 cm³/mol. The molecule has 2 unspecified atom stereocenters. The van der Waals surface area contributed by atoms with Gasteiger partial charge in [0.2, 0.25) is 5.91 Å². The summed E-state index contributed by atoms with van der Waals surface area (Å²) in [6.45, 7) is 2.09. The van der Waals surface area contributed by atoms with Crippen LogP contribution in [0.5, 0.6) is 5.75 Å². The SMILES string of the molecule is CC(=O)N1CC(C(=O)NCC(c2ccccc2)c2c[nH]c3ccccc23)Oc2ccccc21. The van der Waals surface area contributed by atoms with Gasteiger partial charge in [0.1, 0.15) is 5.75 Å². The molecule has 0 bridgehead atoms. The maximum atomic E-state index is 13.2. The van der Waals surface area contributed by atoms with Gasteiger partial charge in [-0.1, -0.05) is 60.7 Å². The average molecular weight is 440 g/mol. The van der Waals surface area contributed by atoms with Gasteiger partial charge in [0.05, 0.1) is 12.2 Å². The normalized spacial score (nSPS) is 16.0. The van der Waals surface area contributed by atoms with Gasteiger partial charge < -0.3 is 19.9 Å². The highest BCUT2D eigenvalue weighted by atomic mass is 16.5. The van der Waals surface area contributed by atoms with E-state index in [1.165, 1.54) is 6.92 Å². The zero-order valence-electron chi connectivity index (χ0n) is 18.3. The number of rotatable bonds is 5. The van der Waals surface area contributed by atoms with Crippen molar-refractivity contribution in [2.45, 2.75) is 18.9 Å². The minimum absolute atomic E-state index is 0.0360. The summed E-state index contributed by atoms with van der Waals surface area (Å²) in [4.78, 5) is 30.3. The Hall–Kier alpha value is -4.06. The summed E-state index contributed by atoms with van der Waals surface area (Å²) >= 11 is 0. The van der Waals surface area contributed by atoms with Crippen molar-refractivity contribution in [2.75, 3.05) is 18.0 Å². The second-order valence-electron chi connectivity index (χ2n) is 8.20. The van der Waals surface area contributed by atoms with Crippen molar-refractivity contribution >= 4 is 28.4 Å². The molecule has 0 aliphatic carbocycles. The lowest BCUT2D eigenvalue weighted by atomic mass is 9.91. The van der Waals surface area contributed by atoms with E-state index in [1.807, 2.05) is 60.8 Å². The fraction of sp³-hybridized carbons (Fsp3) is 0.185. The molecule has 2 amide bonds. The third-order valence-electron chi connectivity index (χ3n) is 6.13. The molecule has 2 N–H and O–H groups in total. The van der Waals surface area contributed by atoms with Crippen LogP contribution in [0.1, 0.15) is 24.0 Å². The monoisotopic (exact) mass is 439 g/mol. The first kappa shape index (κ1) is 20.8. The number of hydrogen-bond donors (Lipinski definition) is 2. The van der Waals surface area contributed by atoms with Crippen LogP contribution in [0.4, 0.5) is 5.69 Å². The van der Waals surface area contributed by atoms with Crippen LogP contribution < -0.4 is 15.0 Å². The Balaban J connectivity index is 1.39. The van der Waals surface area contributed by atoms with Crippen LogP contribution in [0.25, 0.3) is 10.9 Å². The Morgan fingerprint density at radius 3 is 2.58 bits per heavy atom. The highest BCUT2D eigenvalue weighted by molar-refractivity contribution is 5.96. The number of carbonyl (C=O) groups excluding carboxylic acids is 2. The van der Waals surface area contributed by atoms with Crippen molar-refractivity contribution in [2.24, 2.45) is 0 Å². The highest BCUT2D eigenvalue weighted by Gasteiger charge is 2.33. The van der Waals surface area contributed by atoms with Gasteiger partial charge in [-0.25, -0.2) is 0 Å². The lowest BCUT2D eigenvalue weighted by molar-refractivity contribution is -0.128. The molecule has 6 nitrogen and oxygen atoms in total. The van der Waals surface area contributed by atoms with Gasteiger partial charge in [-0.15, -0.1) is 0 Å². The molecule has 0 fully saturated rings. The van der Waals surface area contributed by atoms with Crippen LogP contribution in [0.15, 0.2) is 85.1 Å². The van der Waals surface area contributed by atoms with Crippen LogP contribution in [0.2, 0.25) is 0 Å². The minimum Gasteiger partial charge on any atom is -0.477 e. The summed E-state index contributed by atoms with van der Waals surface area (Å²) in [7, 11) is 0. The third kappa shape index (κ3) is 4.07. The van der Waals surface area contributed by atoms with Crippen LogP contribution in [0.3, 0.4) is 0 Å². The molecule has 0 saturated heterocycles. The molecule has 1 aliphatic rings. The van der Waals surface area contributed by atoms with E-state index < -0.39 is 6.10 Å². The summed E-state index contributed by atoms with van der Waals surface area (Å²) in [6.07, 6.45) is 1.24. The molecular weight excluding hydrogens is 414 g/mol. The molecule has 1 aromatic heterocycles. The van der Waals surface area contributed by atoms with Gasteiger partial charge in [-0.2, -0.15) is 0 Å². The second kappa shape index (κ2) is 8.82. The number of benzene rings is 3. The number of nitrogens with one attached hydrogen (secondary N) is 2. The lowest BCUT2D eigenvalue weighted by Crippen LogP contribution is -2.50. The number of nitrogens with zero attached hydrogens (tertiary/aromatic N) is 1. The quantitative estimate of drug-likeness (QED) is 0.489. The van der Waals surface area contributed by atoms with Crippen molar-refractivity contribution in [3.63, 3.8) is 0 Å². The average Bonchev–Trinajstić information content (AvgIpc) is 3.28. The first-order chi connectivity index (χ1) is 16.1. The summed E-state index contributed by atoms with van der Waals surface area (Å²) in [6, 6.07) is 25.6. The summed E-state index contributed by atoms with van der Waals surface area (Å²) < 4.78 is 5.96. The summed E-state index contributed by atoms with van der Waals surface area (Å²) in [5.74, 6) is 0.141. The lowest BCUT2D eigenvalue weighted by Gasteiger charge is -2.33. The number of aromatic amines is 1. The van der Waals surface area contributed by atoms with E-state index in [4.69, 9.17) is 4.74 Å². The maximum absolute atomic E-state index is 13.2. The molecular formula is C27H25N3O3. The molecule has 5 rings (SSSR count). The number of hydrogen-bond acceptors (Lipinski definition) is 3. The molecule has 0 saturated carbocycles. The molecule has 6 heteroatoms. The zero-order valence-corrected chi connectivity index (χ0v) is 18.3. The topological polar surface area (TPSA) is 74.4 Å². The van der Waals surface area contributed by atoms with Gasteiger partial charge in [0.15, 0.2) is 6.10 Å². The standard InChI is InChI=1S/C27H25N3O3/c1-18(31)30-17-26(33-25-14-8-7-13-24(25)30)27(32)29-15-21(19-9-3-2-4-10-19)22-16-28-23-12-6-5-11-20(22)23/h2-14,16,21,26,28H,15,17H2,1H3,(H,29,32). The van der Waals surface area contributed by atoms with Crippen molar-refractivity contribution in [1.29, 1.82) is 0 Å². The molecule has 0 spiro atoms. The molecule has 1 aliphatic heterocycles. The Morgan fingerprint density at radius 2 is 1.76 bits per heavy atom. The van der Waals surface area contributed by atoms with E-state index in [1.54, 1.807) is 11.0 Å². The molecule has 166 valence electrons. The first-order valence-corrected chi connectivity index (χ1v) is 11.0. The van der Waals surface area contributed by atoms with E-state index in [2.05, 4.69) is 28.5 Å². The first-order valence-electron chi connectivity index (χ1n) is 11.0. The number of amides is 2. The Labute approximate surface area is 192 Å². The zero-order chi connectivity index (χ0) is 22.8. The molecule has 2 atom stereocenters. The minimum atomic E-state index is -0.775. The Bertz CT molecular complexity index is 1300. The number of fused-ring (bicyclic) bond motifs is 2. The van der Waals surface area contributed by atoms with Gasteiger partial charge >= 0.3 is 0 Å². The van der Waals surface area contributed by atoms with E-state index in [0.29, 0.717) is 18.0 Å². The number of H-pyrrole nitrogens is 1. The molecule has 33 heavy (non-hydrogen) atoms. The van der Waals surface area contributed by atoms with Gasteiger partial charge in [0, 0.05) is 36.5 Å². The molecule has 2 heterocycles. The smallest absolute Gasteiger partial charge is 0.263 e. The number of carbonyl (C=O) groups is 2. The van der Waals surface area contributed by atoms with Crippen LogP contribution >= 0.6 is 0 Å². The summed E-state index contributed by atoms with van der Waals surface area (Å²) in [5.41, 5.74) is 3.99. The third-order valence-corrected chi connectivity index (χ3v) is 6.13. The van der Waals surface area contributed by atoms with Crippen LogP contribution in [-0.2, 0) is 9.59 Å². The van der Waals surface area contributed by atoms with Crippen molar-refractivity contribution < 1.29 is 14.3 Å². The molecule has 3 aromatic carbocycles. The van der Waals surface area contributed by atoms with Crippen LogP contribution in [-0.4, -0.2) is 36.0 Å². The Kier molecular flexibility index (Phi) is 5.57. The Morgan fingerprint density at radius 1 is 1.03 bits per heavy atom. The van der Waals surface area contributed by atoms with Crippen molar-refractivity contribution in [3.8, 4) is 5.75 Å². The fourth-order valence-corrected chi connectivity index (χ4v) is 4.46.